The molecule has 0 unspecified atom stereocenters. The topological polar surface area (TPSA) is 61.4 Å². The van der Waals surface area contributed by atoms with Crippen LogP contribution >= 0.6 is 12.2 Å². The highest BCUT2D eigenvalue weighted by molar-refractivity contribution is 7.89. The lowest BCUT2D eigenvalue weighted by molar-refractivity contribution is 0.445. The predicted molar refractivity (Wildman–Crippen MR) is 115 cm³/mol. The number of aryl methyl sites for hydroxylation is 1. The van der Waals surface area contributed by atoms with Gasteiger partial charge in [-0.1, -0.05) is 38.1 Å². The zero-order valence-corrected chi connectivity index (χ0v) is 17.8. The van der Waals surface area contributed by atoms with Crippen LogP contribution in [0.2, 0.25) is 0 Å². The Balaban J connectivity index is 2.05. The van der Waals surface area contributed by atoms with Gasteiger partial charge in [0.2, 0.25) is 10.0 Å². The Labute approximate surface area is 167 Å². The van der Waals surface area contributed by atoms with Crippen LogP contribution in [-0.4, -0.2) is 30.9 Å². The second-order valence-electron chi connectivity index (χ2n) is 6.35. The number of rotatable bonds is 7. The molecule has 0 saturated heterocycles. The Kier molecular flexibility index (Phi) is 7.35. The molecule has 0 aliphatic heterocycles. The molecule has 0 bridgehead atoms. The zero-order valence-electron chi connectivity index (χ0n) is 16.2. The number of nitrogens with one attached hydrogen (secondary N) is 2. The molecule has 0 aromatic heterocycles. The highest BCUT2D eigenvalue weighted by atomic mass is 32.2. The molecule has 2 aromatic rings. The Morgan fingerprint density at radius 1 is 1.11 bits per heavy atom. The van der Waals surface area contributed by atoms with Crippen LogP contribution < -0.4 is 10.6 Å². The van der Waals surface area contributed by atoms with Crippen molar-refractivity contribution in [2.45, 2.75) is 38.6 Å². The van der Waals surface area contributed by atoms with E-state index < -0.39 is 10.0 Å². The molecule has 0 heterocycles. The van der Waals surface area contributed by atoms with Gasteiger partial charge in [0.25, 0.3) is 0 Å². The number of hydrogen-bond acceptors (Lipinski definition) is 3. The summed E-state index contributed by atoms with van der Waals surface area (Å²) in [5, 5.41) is 6.92. The van der Waals surface area contributed by atoms with Gasteiger partial charge in [-0.3, -0.25) is 0 Å². The lowest BCUT2D eigenvalue weighted by atomic mass is 10.1. The third-order valence-electron chi connectivity index (χ3n) is 4.35. The highest BCUT2D eigenvalue weighted by Crippen LogP contribution is 2.19. The van der Waals surface area contributed by atoms with E-state index in [4.69, 9.17) is 12.2 Å². The van der Waals surface area contributed by atoms with E-state index in [9.17, 15) is 8.42 Å². The van der Waals surface area contributed by atoms with Gasteiger partial charge in [-0.15, -0.1) is 0 Å². The Hall–Kier alpha value is -1.96. The van der Waals surface area contributed by atoms with Crippen LogP contribution in [0.3, 0.4) is 0 Å². The lowest BCUT2D eigenvalue weighted by Crippen LogP contribution is -2.31. The van der Waals surface area contributed by atoms with Crippen LogP contribution in [0.1, 0.15) is 37.9 Å². The molecule has 27 heavy (non-hydrogen) atoms. The van der Waals surface area contributed by atoms with E-state index >= 15 is 0 Å². The molecule has 0 amide bonds. The monoisotopic (exact) mass is 405 g/mol. The Bertz CT molecular complexity index is 876. The Morgan fingerprint density at radius 3 is 2.30 bits per heavy atom. The minimum absolute atomic E-state index is 0.0555. The quantitative estimate of drug-likeness (QED) is 0.680. The Morgan fingerprint density at radius 2 is 1.74 bits per heavy atom. The average Bonchev–Trinajstić information content (AvgIpc) is 2.62. The van der Waals surface area contributed by atoms with Gasteiger partial charge in [0.05, 0.1) is 10.9 Å². The lowest BCUT2D eigenvalue weighted by Gasteiger charge is -2.20. The molecule has 2 aromatic carbocycles. The molecular formula is C20H27N3O2S2. The van der Waals surface area contributed by atoms with Crippen molar-refractivity contribution < 1.29 is 8.42 Å². The van der Waals surface area contributed by atoms with Gasteiger partial charge in [0.15, 0.2) is 5.11 Å². The number of thiocarbonyl (C=S) groups is 1. The number of nitrogens with zero attached hydrogens (tertiary/aromatic N) is 1. The van der Waals surface area contributed by atoms with Gasteiger partial charge in [-0.05, 0) is 61.5 Å². The first-order valence-corrected chi connectivity index (χ1v) is 10.9. The summed E-state index contributed by atoms with van der Waals surface area (Å²) >= 11 is 5.38. The smallest absolute Gasteiger partial charge is 0.243 e. The first-order valence-electron chi connectivity index (χ1n) is 9.02. The van der Waals surface area contributed by atoms with Crippen LogP contribution in [0.4, 0.5) is 5.69 Å². The van der Waals surface area contributed by atoms with Crippen LogP contribution in [0.15, 0.2) is 53.4 Å². The van der Waals surface area contributed by atoms with Crippen molar-refractivity contribution in [2.75, 3.05) is 18.4 Å². The van der Waals surface area contributed by atoms with Crippen LogP contribution in [0, 0.1) is 6.92 Å². The van der Waals surface area contributed by atoms with Crippen molar-refractivity contribution in [3.8, 4) is 0 Å². The summed E-state index contributed by atoms with van der Waals surface area (Å²) in [5.41, 5.74) is 3.04. The third kappa shape index (κ3) is 5.51. The van der Waals surface area contributed by atoms with E-state index in [0.29, 0.717) is 23.1 Å². The van der Waals surface area contributed by atoms with Crippen molar-refractivity contribution in [3.63, 3.8) is 0 Å². The van der Waals surface area contributed by atoms with Crippen molar-refractivity contribution in [2.24, 2.45) is 0 Å². The fourth-order valence-electron chi connectivity index (χ4n) is 2.81. The van der Waals surface area contributed by atoms with E-state index in [1.807, 2.05) is 64.1 Å². The molecule has 0 fully saturated rings. The maximum Gasteiger partial charge on any atom is 0.243 e. The second-order valence-corrected chi connectivity index (χ2v) is 8.69. The predicted octanol–water partition coefficient (Wildman–Crippen LogP) is 4.07. The molecule has 0 spiro atoms. The van der Waals surface area contributed by atoms with Gasteiger partial charge in [-0.25, -0.2) is 8.42 Å². The average molecular weight is 406 g/mol. The standard InChI is InChI=1S/C20H27N3O2S2/c1-5-23(6-2)27(24,25)19-12-10-17(11-13-19)16(4)21-20(26)22-18-9-7-8-15(3)14-18/h7-14,16H,5-6H2,1-4H3,(H2,21,22,26)/t16-/m0/s1. The van der Waals surface area contributed by atoms with Gasteiger partial charge >= 0.3 is 0 Å². The minimum atomic E-state index is -3.44. The van der Waals surface area contributed by atoms with E-state index in [0.717, 1.165) is 16.8 Å². The summed E-state index contributed by atoms with van der Waals surface area (Å²) in [4.78, 5) is 0.308. The first-order chi connectivity index (χ1) is 12.8. The van der Waals surface area contributed by atoms with Gasteiger partial charge in [-0.2, -0.15) is 4.31 Å². The molecule has 0 aliphatic rings. The fourth-order valence-corrected chi connectivity index (χ4v) is 4.56. The summed E-state index contributed by atoms with van der Waals surface area (Å²) in [5.74, 6) is 0. The molecule has 0 aliphatic carbocycles. The van der Waals surface area contributed by atoms with Gasteiger partial charge in [0.1, 0.15) is 0 Å². The highest BCUT2D eigenvalue weighted by Gasteiger charge is 2.21. The fraction of sp³-hybridized carbons (Fsp3) is 0.350. The minimum Gasteiger partial charge on any atom is -0.356 e. The normalized spacial score (nSPS) is 12.6. The van der Waals surface area contributed by atoms with Crippen LogP contribution in [0.5, 0.6) is 0 Å². The number of anilines is 1. The van der Waals surface area contributed by atoms with E-state index in [2.05, 4.69) is 10.6 Å². The van der Waals surface area contributed by atoms with Gasteiger partial charge in [0, 0.05) is 18.8 Å². The molecule has 5 nitrogen and oxygen atoms in total. The summed E-state index contributed by atoms with van der Waals surface area (Å²) in [6, 6.07) is 14.9. The number of sulfonamides is 1. The van der Waals surface area contributed by atoms with E-state index in [-0.39, 0.29) is 6.04 Å². The number of hydrogen-bond donors (Lipinski definition) is 2. The van der Waals surface area contributed by atoms with Crippen molar-refractivity contribution in [1.82, 2.24) is 9.62 Å². The molecule has 0 radical (unpaired) electrons. The molecule has 2 N–H and O–H groups in total. The van der Waals surface area contributed by atoms with Crippen LogP contribution in [-0.2, 0) is 10.0 Å². The first kappa shape index (κ1) is 21.3. The molecular weight excluding hydrogens is 378 g/mol. The summed E-state index contributed by atoms with van der Waals surface area (Å²) in [6.07, 6.45) is 0. The van der Waals surface area contributed by atoms with E-state index in [1.54, 1.807) is 12.1 Å². The molecule has 7 heteroatoms. The summed E-state index contributed by atoms with van der Waals surface area (Å²) in [6.45, 7) is 8.60. The van der Waals surface area contributed by atoms with Crippen LogP contribution in [0.25, 0.3) is 0 Å². The summed E-state index contributed by atoms with van der Waals surface area (Å²) in [7, 11) is -3.44. The largest absolute Gasteiger partial charge is 0.356 e. The van der Waals surface area contributed by atoms with Crippen molar-refractivity contribution in [1.29, 1.82) is 0 Å². The van der Waals surface area contributed by atoms with Crippen molar-refractivity contribution in [3.05, 3.63) is 59.7 Å². The zero-order chi connectivity index (χ0) is 20.0. The number of benzene rings is 2. The van der Waals surface area contributed by atoms with Crippen molar-refractivity contribution >= 4 is 33.0 Å². The van der Waals surface area contributed by atoms with Gasteiger partial charge < -0.3 is 10.6 Å². The molecule has 2 rings (SSSR count). The maximum absolute atomic E-state index is 12.6. The molecule has 146 valence electrons. The molecule has 1 atom stereocenters. The SMILES string of the molecule is CCN(CC)S(=O)(=O)c1ccc([C@H](C)NC(=S)Nc2cccc(C)c2)cc1. The molecule has 0 saturated carbocycles. The third-order valence-corrected chi connectivity index (χ3v) is 6.63. The maximum atomic E-state index is 12.6. The summed E-state index contributed by atoms with van der Waals surface area (Å²) < 4.78 is 26.6. The van der Waals surface area contributed by atoms with E-state index in [1.165, 1.54) is 4.31 Å². The second kappa shape index (κ2) is 9.30.